The van der Waals surface area contributed by atoms with Crippen molar-refractivity contribution in [1.29, 1.82) is 0 Å². The fraction of sp³-hybridized carbons (Fsp3) is 0.364. The molecule has 142 valence electrons. The Morgan fingerprint density at radius 2 is 1.81 bits per heavy atom. The van der Waals surface area contributed by atoms with Crippen molar-refractivity contribution < 1.29 is 9.50 Å². The van der Waals surface area contributed by atoms with Gasteiger partial charge in [0.05, 0.1) is 17.0 Å². The van der Waals surface area contributed by atoms with Crippen molar-refractivity contribution in [3.05, 3.63) is 64.6 Å². The van der Waals surface area contributed by atoms with Gasteiger partial charge < -0.3 is 14.6 Å². The average molecular weight is 387 g/mol. The third-order valence-corrected chi connectivity index (χ3v) is 5.90. The van der Waals surface area contributed by atoms with Crippen LogP contribution in [0, 0.1) is 11.7 Å². The summed E-state index contributed by atoms with van der Waals surface area (Å²) in [6.45, 7) is 2.77. The second-order valence-corrected chi connectivity index (χ2v) is 8.11. The molecule has 0 atom stereocenters. The third kappa shape index (κ3) is 3.97. The van der Waals surface area contributed by atoms with Gasteiger partial charge in [-0.3, -0.25) is 0 Å². The smallest absolute Gasteiger partial charge is 0.200 e. The summed E-state index contributed by atoms with van der Waals surface area (Å²) in [4.78, 5) is 2.38. The summed E-state index contributed by atoms with van der Waals surface area (Å²) in [5, 5.41) is 12.9. The number of likely N-dealkylation sites (tertiary alicyclic amines) is 1. The second kappa shape index (κ2) is 7.53. The van der Waals surface area contributed by atoms with Crippen LogP contribution < -0.4 is 0 Å². The summed E-state index contributed by atoms with van der Waals surface area (Å²) in [5.74, 6) is 0.581. The summed E-state index contributed by atoms with van der Waals surface area (Å²) < 4.78 is 14.9. The molecular weight excluding hydrogens is 363 g/mol. The minimum atomic E-state index is -0.262. The fourth-order valence-electron chi connectivity index (χ4n) is 4.02. The quantitative estimate of drug-likeness (QED) is 0.677. The highest BCUT2D eigenvalue weighted by atomic mass is 35.5. The first-order valence-corrected chi connectivity index (χ1v) is 9.80. The van der Waals surface area contributed by atoms with Crippen LogP contribution in [0.1, 0.15) is 24.0 Å². The minimum Gasteiger partial charge on any atom is -0.494 e. The van der Waals surface area contributed by atoms with E-state index >= 15 is 0 Å². The van der Waals surface area contributed by atoms with E-state index in [1.807, 2.05) is 12.3 Å². The molecule has 0 saturated carbocycles. The van der Waals surface area contributed by atoms with Gasteiger partial charge in [-0.05, 0) is 80.7 Å². The van der Waals surface area contributed by atoms with Gasteiger partial charge in [-0.1, -0.05) is 23.7 Å². The van der Waals surface area contributed by atoms with Crippen molar-refractivity contribution in [1.82, 2.24) is 9.47 Å². The summed E-state index contributed by atoms with van der Waals surface area (Å²) in [6.07, 6.45) is 5.37. The Hall–Kier alpha value is -2.04. The lowest BCUT2D eigenvalue weighted by Gasteiger charge is -2.29. The highest BCUT2D eigenvalue weighted by Crippen LogP contribution is 2.36. The normalized spacial score (nSPS) is 16.3. The zero-order valence-corrected chi connectivity index (χ0v) is 16.2. The van der Waals surface area contributed by atoms with Gasteiger partial charge in [0, 0.05) is 11.6 Å². The van der Waals surface area contributed by atoms with Gasteiger partial charge in [-0.15, -0.1) is 0 Å². The summed E-state index contributed by atoms with van der Waals surface area (Å²) in [7, 11) is 2.17. The van der Waals surface area contributed by atoms with Crippen molar-refractivity contribution >= 4 is 22.4 Å². The van der Waals surface area contributed by atoms with Crippen LogP contribution in [0.2, 0.25) is 5.02 Å². The fourth-order valence-corrected chi connectivity index (χ4v) is 4.35. The summed E-state index contributed by atoms with van der Waals surface area (Å²) in [6, 6.07) is 10.5. The largest absolute Gasteiger partial charge is 0.494 e. The number of nitrogens with zero attached hydrogens (tertiary/aromatic N) is 2. The minimum absolute atomic E-state index is 0.158. The number of halogens is 2. The van der Waals surface area contributed by atoms with E-state index in [4.69, 9.17) is 11.6 Å². The molecule has 5 heteroatoms. The average Bonchev–Trinajstić information content (AvgIpc) is 2.95. The lowest BCUT2D eigenvalue weighted by molar-refractivity contribution is 0.219. The van der Waals surface area contributed by atoms with Crippen molar-refractivity contribution in [2.75, 3.05) is 20.1 Å². The maximum absolute atomic E-state index is 13.1. The number of piperidine rings is 1. The number of hydrogen-bond donors (Lipinski definition) is 1. The van der Waals surface area contributed by atoms with Crippen LogP contribution in [0.3, 0.4) is 0 Å². The van der Waals surface area contributed by atoms with E-state index in [2.05, 4.69) is 18.0 Å². The lowest BCUT2D eigenvalue weighted by Crippen LogP contribution is -2.30. The van der Waals surface area contributed by atoms with Crippen LogP contribution in [0.5, 0.6) is 5.88 Å². The van der Waals surface area contributed by atoms with E-state index < -0.39 is 0 Å². The van der Waals surface area contributed by atoms with Gasteiger partial charge in [0.2, 0.25) is 5.88 Å². The van der Waals surface area contributed by atoms with E-state index in [1.54, 1.807) is 16.7 Å². The Balaban J connectivity index is 1.59. The number of fused-ring (bicyclic) bond motifs is 1. The summed E-state index contributed by atoms with van der Waals surface area (Å²) >= 11 is 6.51. The predicted octanol–water partition coefficient (Wildman–Crippen LogP) is 5.07. The SMILES string of the molecule is CN1CCC(Cc2cc(Cl)c3c(O)n(Cc4ccc(F)cc4)cc3c2)CC1. The van der Waals surface area contributed by atoms with Gasteiger partial charge in [-0.25, -0.2) is 4.39 Å². The van der Waals surface area contributed by atoms with Crippen molar-refractivity contribution in [3.8, 4) is 5.88 Å². The number of aromatic nitrogens is 1. The van der Waals surface area contributed by atoms with Crippen molar-refractivity contribution in [3.63, 3.8) is 0 Å². The van der Waals surface area contributed by atoms with Crippen LogP contribution in [-0.2, 0) is 13.0 Å². The Bertz CT molecular complexity index is 943. The second-order valence-electron chi connectivity index (χ2n) is 7.70. The molecule has 0 aliphatic carbocycles. The standard InChI is InChI=1S/C22H24ClFN2O/c1-25-8-6-15(7-9-25)10-17-11-18-14-26(22(27)21(18)20(23)12-17)13-16-2-4-19(24)5-3-16/h2-5,11-12,14-15,27H,6-10,13H2,1H3. The molecule has 0 spiro atoms. The van der Waals surface area contributed by atoms with E-state index in [0.717, 1.165) is 30.5 Å². The number of aromatic hydroxyl groups is 1. The zero-order chi connectivity index (χ0) is 19.0. The number of hydrogen-bond acceptors (Lipinski definition) is 2. The van der Waals surface area contributed by atoms with Crippen molar-refractivity contribution in [2.24, 2.45) is 5.92 Å². The Labute approximate surface area is 164 Å². The predicted molar refractivity (Wildman–Crippen MR) is 108 cm³/mol. The van der Waals surface area contributed by atoms with Crippen LogP contribution in [0.15, 0.2) is 42.6 Å². The van der Waals surface area contributed by atoms with Gasteiger partial charge >= 0.3 is 0 Å². The van der Waals surface area contributed by atoms with E-state index in [1.165, 1.54) is 30.5 Å². The highest BCUT2D eigenvalue weighted by Gasteiger charge is 2.19. The van der Waals surface area contributed by atoms with E-state index in [0.29, 0.717) is 22.9 Å². The Kier molecular flexibility index (Phi) is 5.11. The third-order valence-electron chi connectivity index (χ3n) is 5.60. The molecule has 1 aromatic heterocycles. The molecule has 1 aliphatic heterocycles. The first kappa shape index (κ1) is 18.3. The van der Waals surface area contributed by atoms with Crippen LogP contribution >= 0.6 is 11.6 Å². The molecule has 1 aliphatic rings. The molecule has 2 aromatic carbocycles. The van der Waals surface area contributed by atoms with Gasteiger partial charge in [0.1, 0.15) is 5.82 Å². The molecule has 3 aromatic rings. The topological polar surface area (TPSA) is 28.4 Å². The van der Waals surface area contributed by atoms with Gasteiger partial charge in [-0.2, -0.15) is 0 Å². The van der Waals surface area contributed by atoms with Gasteiger partial charge in [0.25, 0.3) is 0 Å². The van der Waals surface area contributed by atoms with Crippen molar-refractivity contribution in [2.45, 2.75) is 25.8 Å². The van der Waals surface area contributed by atoms with Gasteiger partial charge in [0.15, 0.2) is 0 Å². The highest BCUT2D eigenvalue weighted by molar-refractivity contribution is 6.36. The molecule has 0 amide bonds. The monoisotopic (exact) mass is 386 g/mol. The maximum Gasteiger partial charge on any atom is 0.200 e. The maximum atomic E-state index is 13.1. The van der Waals surface area contributed by atoms with E-state index in [9.17, 15) is 9.50 Å². The Morgan fingerprint density at radius 3 is 2.52 bits per heavy atom. The molecule has 3 nitrogen and oxygen atoms in total. The molecule has 2 heterocycles. The molecule has 1 saturated heterocycles. The van der Waals surface area contributed by atoms with Crippen LogP contribution in [0.25, 0.3) is 10.8 Å². The van der Waals surface area contributed by atoms with Crippen LogP contribution in [0.4, 0.5) is 4.39 Å². The molecule has 1 N–H and O–H groups in total. The van der Waals surface area contributed by atoms with E-state index in [-0.39, 0.29) is 11.7 Å². The molecule has 0 unspecified atom stereocenters. The zero-order valence-electron chi connectivity index (χ0n) is 15.5. The Morgan fingerprint density at radius 1 is 1.11 bits per heavy atom. The summed E-state index contributed by atoms with van der Waals surface area (Å²) in [5.41, 5.74) is 2.15. The lowest BCUT2D eigenvalue weighted by atomic mass is 9.90. The first-order chi connectivity index (χ1) is 13.0. The molecule has 0 bridgehead atoms. The molecule has 4 rings (SSSR count). The molecule has 0 radical (unpaired) electrons. The first-order valence-electron chi connectivity index (χ1n) is 9.43. The van der Waals surface area contributed by atoms with Crippen LogP contribution in [-0.4, -0.2) is 34.7 Å². The molecular formula is C22H24ClFN2O. The number of rotatable bonds is 4. The molecule has 27 heavy (non-hydrogen) atoms. The molecule has 1 fully saturated rings. The number of benzene rings is 2.